The van der Waals surface area contributed by atoms with Crippen LogP contribution in [0.2, 0.25) is 0 Å². The van der Waals surface area contributed by atoms with Crippen molar-refractivity contribution in [2.24, 2.45) is 35.1 Å². The molecule has 20 nitrogen and oxygen atoms in total. The van der Waals surface area contributed by atoms with E-state index in [2.05, 4.69) is 59.3 Å². The molecular weight excluding hydrogens is 1020 g/mol. The van der Waals surface area contributed by atoms with Crippen LogP contribution in [-0.2, 0) is 62.4 Å². The summed E-state index contributed by atoms with van der Waals surface area (Å²) in [7, 11) is 0. The van der Waals surface area contributed by atoms with Crippen LogP contribution in [0.15, 0.2) is 72.7 Å². The molecular formula is C60H83N11O9. The Hall–Kier alpha value is -7.32. The number of amides is 7. The summed E-state index contributed by atoms with van der Waals surface area (Å²) < 4.78 is 0. The standard InChI is InChI=1S/C60H83N11O9/c1-33(2)22-43(31-65-48(56(62)76)23-34(3)4)68-60(80)50(27-42-30-63-32-66-42)69-54(75)21-19-51(72)55(35(5)6)71-57(77)36(7)67-59(79)49(25-39-17-16-37-12-8-10-14-44(37)39)70-58(78)40(18-20-53(61)74)26-52(73)47-28-46-41(29-64-47)24-38-13-9-11-15-45(38)46/h8-15,17,30,32-36,40,43,47-50,55,64-65H,16,18-29,31H2,1-7H3,(H2,61,74)(H2,62,76)(H,63,66)(H,67,79)(H,68,80)(H,69,75)(H,70,78)(H,71,77)/t36?,40-,43?,47-,48+,49+,50+,55+/m1/s1. The number of carbonyl (C=O) groups excluding carboxylic acids is 9. The first-order valence-corrected chi connectivity index (χ1v) is 28.2. The molecule has 3 aromatic rings. The predicted molar refractivity (Wildman–Crippen MR) is 304 cm³/mol. The van der Waals surface area contributed by atoms with Gasteiger partial charge in [-0.25, -0.2) is 4.98 Å². The lowest BCUT2D eigenvalue weighted by Crippen LogP contribution is -2.56. The molecule has 2 heterocycles. The molecule has 2 aliphatic carbocycles. The highest BCUT2D eigenvalue weighted by Gasteiger charge is 2.36. The minimum absolute atomic E-state index is 0.0286. The fourth-order valence-corrected chi connectivity index (χ4v) is 10.8. The number of nitrogens with one attached hydrogen (secondary N) is 8. The third-order valence-electron chi connectivity index (χ3n) is 15.1. The topological polar surface area (TPSA) is 319 Å². The molecule has 8 atom stereocenters. The Morgan fingerprint density at radius 1 is 0.700 bits per heavy atom. The lowest BCUT2D eigenvalue weighted by Gasteiger charge is -2.28. The van der Waals surface area contributed by atoms with Gasteiger partial charge in [-0.3, -0.25) is 43.2 Å². The molecule has 0 fully saturated rings. The fraction of sp³-hybridized carbons (Fsp3) is 0.533. The van der Waals surface area contributed by atoms with Gasteiger partial charge in [-0.05, 0) is 102 Å². The number of nitrogens with two attached hydrogens (primary N) is 2. The number of aromatic amines is 1. The first kappa shape index (κ1) is 61.9. The maximum atomic E-state index is 14.4. The zero-order valence-corrected chi connectivity index (χ0v) is 47.4. The first-order chi connectivity index (χ1) is 38.1. The summed E-state index contributed by atoms with van der Waals surface area (Å²) in [4.78, 5) is 129. The van der Waals surface area contributed by atoms with Crippen LogP contribution in [0.4, 0.5) is 0 Å². The van der Waals surface area contributed by atoms with Crippen LogP contribution < -0.4 is 48.7 Å². The van der Waals surface area contributed by atoms with Crippen LogP contribution >= 0.6 is 0 Å². The molecule has 0 saturated carbocycles. The molecule has 2 unspecified atom stereocenters. The average molecular weight is 1100 g/mol. The number of rotatable bonds is 32. The average Bonchev–Trinajstić information content (AvgIpc) is 4.26. The summed E-state index contributed by atoms with van der Waals surface area (Å²) in [5, 5.41) is 20.7. The van der Waals surface area contributed by atoms with Crippen molar-refractivity contribution < 1.29 is 43.2 Å². The van der Waals surface area contributed by atoms with E-state index >= 15 is 0 Å². The largest absolute Gasteiger partial charge is 0.370 e. The van der Waals surface area contributed by atoms with E-state index in [0.717, 1.165) is 34.3 Å². The van der Waals surface area contributed by atoms with Crippen molar-refractivity contribution in [2.75, 3.05) is 13.1 Å². The molecule has 3 aliphatic rings. The van der Waals surface area contributed by atoms with Crippen LogP contribution in [0.5, 0.6) is 0 Å². The van der Waals surface area contributed by atoms with Gasteiger partial charge in [0.15, 0.2) is 11.6 Å². The molecule has 6 rings (SSSR count). The third kappa shape index (κ3) is 17.8. The highest BCUT2D eigenvalue weighted by atomic mass is 16.2. The second kappa shape index (κ2) is 29.2. The molecule has 0 saturated heterocycles. The predicted octanol–water partition coefficient (Wildman–Crippen LogP) is 3.18. The van der Waals surface area contributed by atoms with Crippen molar-refractivity contribution in [1.82, 2.24) is 47.2 Å². The summed E-state index contributed by atoms with van der Waals surface area (Å²) in [6.07, 6.45) is 7.08. The summed E-state index contributed by atoms with van der Waals surface area (Å²) in [6.45, 7) is 13.7. The van der Waals surface area contributed by atoms with Gasteiger partial charge in [0, 0.05) is 75.5 Å². The Kier molecular flexibility index (Phi) is 22.6. The van der Waals surface area contributed by atoms with Crippen molar-refractivity contribution in [2.45, 2.75) is 168 Å². The minimum atomic E-state index is -1.22. The molecule has 0 bridgehead atoms. The van der Waals surface area contributed by atoms with Gasteiger partial charge in [-0.1, -0.05) is 96.1 Å². The number of aromatic nitrogens is 2. The number of primary amides is 2. The summed E-state index contributed by atoms with van der Waals surface area (Å²) >= 11 is 0. The van der Waals surface area contributed by atoms with Gasteiger partial charge in [0.1, 0.15) is 18.1 Å². The molecule has 432 valence electrons. The summed E-state index contributed by atoms with van der Waals surface area (Å²) in [5.41, 5.74) is 19.3. The molecule has 0 spiro atoms. The molecule has 1 aliphatic heterocycles. The third-order valence-corrected chi connectivity index (χ3v) is 15.1. The zero-order chi connectivity index (χ0) is 58.2. The Morgan fingerprint density at radius 3 is 2.04 bits per heavy atom. The van der Waals surface area contributed by atoms with Crippen molar-refractivity contribution >= 4 is 64.1 Å². The van der Waals surface area contributed by atoms with E-state index in [1.807, 2.05) is 70.2 Å². The maximum Gasteiger partial charge on any atom is 0.243 e. The molecule has 12 N–H and O–H groups in total. The van der Waals surface area contributed by atoms with E-state index in [-0.39, 0.29) is 69.1 Å². The lowest BCUT2D eigenvalue weighted by atomic mass is 9.87. The van der Waals surface area contributed by atoms with Gasteiger partial charge >= 0.3 is 0 Å². The Morgan fingerprint density at radius 2 is 1.38 bits per heavy atom. The highest BCUT2D eigenvalue weighted by Crippen LogP contribution is 2.38. The molecule has 1 aromatic heterocycles. The number of fused-ring (bicyclic) bond motifs is 3. The van der Waals surface area contributed by atoms with Crippen molar-refractivity contribution in [3.8, 4) is 0 Å². The molecule has 0 radical (unpaired) electrons. The minimum Gasteiger partial charge on any atom is -0.370 e. The molecule has 2 aromatic carbocycles. The van der Waals surface area contributed by atoms with E-state index in [1.165, 1.54) is 24.4 Å². The normalized spacial score (nSPS) is 17.2. The number of hydrogen-bond donors (Lipinski definition) is 10. The number of imidazole rings is 1. The van der Waals surface area contributed by atoms with Crippen LogP contribution in [0.3, 0.4) is 0 Å². The van der Waals surface area contributed by atoms with Gasteiger partial charge in [-0.2, -0.15) is 0 Å². The summed E-state index contributed by atoms with van der Waals surface area (Å²) in [6, 6.07) is 9.70. The monoisotopic (exact) mass is 1100 g/mol. The zero-order valence-electron chi connectivity index (χ0n) is 47.4. The second-order valence-electron chi connectivity index (χ2n) is 22.9. The first-order valence-electron chi connectivity index (χ1n) is 28.2. The van der Waals surface area contributed by atoms with Crippen molar-refractivity contribution in [3.63, 3.8) is 0 Å². The van der Waals surface area contributed by atoms with Gasteiger partial charge in [-0.15, -0.1) is 0 Å². The number of nitrogens with zero attached hydrogens (tertiary/aromatic N) is 1. The van der Waals surface area contributed by atoms with Gasteiger partial charge < -0.3 is 53.7 Å². The van der Waals surface area contributed by atoms with Gasteiger partial charge in [0.2, 0.25) is 41.4 Å². The van der Waals surface area contributed by atoms with Crippen molar-refractivity contribution in [3.05, 3.63) is 101 Å². The van der Waals surface area contributed by atoms with Crippen LogP contribution in [0.1, 0.15) is 134 Å². The Bertz CT molecular complexity index is 2790. The number of Topliss-reactive ketones (excluding diaryl/α,β-unsaturated/α-hetero) is 2. The highest BCUT2D eigenvalue weighted by molar-refractivity contribution is 5.98. The number of carbonyl (C=O) groups is 9. The second-order valence-corrected chi connectivity index (χ2v) is 22.9. The van der Waals surface area contributed by atoms with Crippen LogP contribution in [0.25, 0.3) is 11.1 Å². The SMILES string of the molecule is CC(C)CC(CN[C@@H](CC(C)C)C(N)=O)NC(=O)[C@H](Cc1cnc[nH]1)NC(=O)CCC(=O)[C@@H](NC(=O)C(C)NC(=O)[C@H](CC1=CCc2ccccc21)NC(=O)[C@H](CCC(N)=O)CC(=O)[C@H]1CC2=C(CN1)Cc1ccccc12)C(C)C. The van der Waals surface area contributed by atoms with E-state index in [4.69, 9.17) is 11.5 Å². The smallest absolute Gasteiger partial charge is 0.243 e. The number of ketones is 2. The van der Waals surface area contributed by atoms with E-state index in [9.17, 15) is 43.2 Å². The van der Waals surface area contributed by atoms with E-state index < -0.39 is 101 Å². The Labute approximate surface area is 469 Å². The summed E-state index contributed by atoms with van der Waals surface area (Å²) in [5.74, 6) is -5.90. The van der Waals surface area contributed by atoms with Crippen LogP contribution in [0, 0.1) is 23.7 Å². The lowest BCUT2D eigenvalue weighted by molar-refractivity contribution is -0.135. The van der Waals surface area contributed by atoms with E-state index in [1.54, 1.807) is 20.0 Å². The number of benzene rings is 2. The quantitative estimate of drug-likeness (QED) is 0.0431. The van der Waals surface area contributed by atoms with Crippen LogP contribution in [-0.4, -0.2) is 118 Å². The molecule has 20 heteroatoms. The van der Waals surface area contributed by atoms with Gasteiger partial charge in [0.25, 0.3) is 0 Å². The van der Waals surface area contributed by atoms with E-state index in [0.29, 0.717) is 37.9 Å². The molecule has 80 heavy (non-hydrogen) atoms. The Balaban J connectivity index is 1.09. The number of hydrogen-bond acceptors (Lipinski definition) is 12. The number of allylic oxidation sites excluding steroid dienone is 1. The van der Waals surface area contributed by atoms with Crippen molar-refractivity contribution in [1.29, 1.82) is 0 Å². The molecule has 7 amide bonds. The van der Waals surface area contributed by atoms with Gasteiger partial charge in [0.05, 0.1) is 24.5 Å². The maximum absolute atomic E-state index is 14.4. The number of H-pyrrole nitrogens is 1. The fourth-order valence-electron chi connectivity index (χ4n) is 10.8.